The topological polar surface area (TPSA) is 95.5 Å². The van der Waals surface area contributed by atoms with E-state index in [2.05, 4.69) is 10.6 Å². The first-order valence-corrected chi connectivity index (χ1v) is 7.85. The molecule has 126 valence electrons. The van der Waals surface area contributed by atoms with Gasteiger partial charge in [-0.3, -0.25) is 9.59 Å². The van der Waals surface area contributed by atoms with Crippen LogP contribution in [0.4, 0.5) is 0 Å². The van der Waals surface area contributed by atoms with Crippen molar-refractivity contribution in [2.75, 3.05) is 6.54 Å². The Balaban J connectivity index is 2.27. The molecule has 0 fully saturated rings. The van der Waals surface area contributed by atoms with E-state index in [4.69, 9.17) is 5.11 Å². The molecular weight excluding hydrogens is 296 g/mol. The molecular formula is C17H24N2O4. The van der Waals surface area contributed by atoms with E-state index >= 15 is 0 Å². The fraction of sp³-hybridized carbons (Fsp3) is 0.471. The minimum Gasteiger partial charge on any atom is -0.480 e. The minimum absolute atomic E-state index is 0.0659. The molecule has 0 bridgehead atoms. The molecule has 0 saturated heterocycles. The molecule has 1 aromatic carbocycles. The molecule has 2 amide bonds. The van der Waals surface area contributed by atoms with E-state index < -0.39 is 12.0 Å². The van der Waals surface area contributed by atoms with E-state index in [1.54, 1.807) is 0 Å². The van der Waals surface area contributed by atoms with Gasteiger partial charge in [-0.15, -0.1) is 0 Å². The molecule has 3 N–H and O–H groups in total. The first kappa shape index (κ1) is 18.7. The van der Waals surface area contributed by atoms with Crippen LogP contribution in [0.15, 0.2) is 30.3 Å². The first-order chi connectivity index (χ1) is 11.0. The average molecular weight is 320 g/mol. The fourth-order valence-electron chi connectivity index (χ4n) is 2.09. The van der Waals surface area contributed by atoms with Crippen molar-refractivity contribution in [3.63, 3.8) is 0 Å². The zero-order valence-electron chi connectivity index (χ0n) is 13.4. The van der Waals surface area contributed by atoms with Gasteiger partial charge in [-0.25, -0.2) is 4.79 Å². The normalized spacial score (nSPS) is 11.5. The number of nitrogens with one attached hydrogen (secondary N) is 2. The van der Waals surface area contributed by atoms with Crippen molar-refractivity contribution in [1.29, 1.82) is 0 Å². The molecule has 0 aromatic heterocycles. The van der Waals surface area contributed by atoms with Crippen molar-refractivity contribution in [2.24, 2.45) is 0 Å². The third-order valence-electron chi connectivity index (χ3n) is 3.36. The fourth-order valence-corrected chi connectivity index (χ4v) is 2.09. The molecule has 1 aromatic rings. The van der Waals surface area contributed by atoms with Gasteiger partial charge in [-0.05, 0) is 12.0 Å². The molecule has 6 heteroatoms. The minimum atomic E-state index is -1.03. The third-order valence-corrected chi connectivity index (χ3v) is 3.36. The Morgan fingerprint density at radius 1 is 1.13 bits per heavy atom. The van der Waals surface area contributed by atoms with Crippen LogP contribution in [0.3, 0.4) is 0 Å². The Morgan fingerprint density at radius 2 is 1.83 bits per heavy atom. The van der Waals surface area contributed by atoms with Crippen molar-refractivity contribution >= 4 is 17.8 Å². The summed E-state index contributed by atoms with van der Waals surface area (Å²) in [5, 5.41) is 14.2. The van der Waals surface area contributed by atoms with Crippen LogP contribution < -0.4 is 10.6 Å². The highest BCUT2D eigenvalue weighted by molar-refractivity contribution is 5.84. The van der Waals surface area contributed by atoms with Gasteiger partial charge in [-0.1, -0.05) is 50.1 Å². The smallest absolute Gasteiger partial charge is 0.326 e. The van der Waals surface area contributed by atoms with Gasteiger partial charge in [-0.2, -0.15) is 0 Å². The van der Waals surface area contributed by atoms with Crippen LogP contribution in [0, 0.1) is 0 Å². The molecule has 1 unspecified atom stereocenters. The number of amides is 2. The lowest BCUT2D eigenvalue weighted by Gasteiger charge is -2.14. The summed E-state index contributed by atoms with van der Waals surface area (Å²) in [4.78, 5) is 34.5. The number of carboxylic acids is 1. The number of unbranched alkanes of at least 4 members (excludes halogenated alkanes) is 1. The maximum Gasteiger partial charge on any atom is 0.326 e. The molecule has 23 heavy (non-hydrogen) atoms. The summed E-state index contributed by atoms with van der Waals surface area (Å²) in [5.74, 6) is -1.56. The Labute approximate surface area is 136 Å². The quantitative estimate of drug-likeness (QED) is 0.609. The van der Waals surface area contributed by atoms with Crippen molar-refractivity contribution in [3.8, 4) is 0 Å². The van der Waals surface area contributed by atoms with Gasteiger partial charge in [0, 0.05) is 13.0 Å². The molecule has 0 radical (unpaired) electrons. The van der Waals surface area contributed by atoms with E-state index in [1.165, 1.54) is 0 Å². The number of carbonyl (C=O) groups excluding carboxylic acids is 2. The summed E-state index contributed by atoms with van der Waals surface area (Å²) in [6, 6.07) is 8.46. The van der Waals surface area contributed by atoms with Gasteiger partial charge >= 0.3 is 5.97 Å². The maximum absolute atomic E-state index is 11.7. The molecule has 6 nitrogen and oxygen atoms in total. The SMILES string of the molecule is CCCCC(NC(=O)CCNC(=O)Cc1ccccc1)C(=O)O. The molecule has 1 atom stereocenters. The van der Waals surface area contributed by atoms with Crippen LogP contribution >= 0.6 is 0 Å². The number of benzene rings is 1. The molecule has 0 spiro atoms. The number of rotatable bonds is 10. The second-order valence-electron chi connectivity index (χ2n) is 5.36. The van der Waals surface area contributed by atoms with E-state index in [-0.39, 0.29) is 31.2 Å². The van der Waals surface area contributed by atoms with E-state index in [0.29, 0.717) is 6.42 Å². The molecule has 0 aliphatic rings. The second kappa shape index (κ2) is 10.4. The van der Waals surface area contributed by atoms with Gasteiger partial charge in [0.2, 0.25) is 11.8 Å². The highest BCUT2D eigenvalue weighted by Gasteiger charge is 2.18. The van der Waals surface area contributed by atoms with Crippen LogP contribution in [-0.2, 0) is 20.8 Å². The maximum atomic E-state index is 11.7. The monoisotopic (exact) mass is 320 g/mol. The number of hydrogen-bond donors (Lipinski definition) is 3. The van der Waals surface area contributed by atoms with Crippen molar-refractivity contribution in [1.82, 2.24) is 10.6 Å². The van der Waals surface area contributed by atoms with Crippen LogP contribution in [-0.4, -0.2) is 35.5 Å². The third kappa shape index (κ3) is 7.99. The number of aliphatic carboxylic acids is 1. The van der Waals surface area contributed by atoms with E-state index in [9.17, 15) is 14.4 Å². The standard InChI is InChI=1S/C17H24N2O4/c1-2-3-9-14(17(22)23)19-15(20)10-11-18-16(21)12-13-7-5-4-6-8-13/h4-8,14H,2-3,9-12H2,1H3,(H,18,21)(H,19,20)(H,22,23). The number of hydrogen-bond acceptors (Lipinski definition) is 3. The lowest BCUT2D eigenvalue weighted by atomic mass is 10.1. The predicted octanol–water partition coefficient (Wildman–Crippen LogP) is 1.49. The largest absolute Gasteiger partial charge is 0.480 e. The summed E-state index contributed by atoms with van der Waals surface area (Å²) in [6.45, 7) is 2.15. The highest BCUT2D eigenvalue weighted by atomic mass is 16.4. The van der Waals surface area contributed by atoms with Gasteiger partial charge < -0.3 is 15.7 Å². The Bertz CT molecular complexity index is 517. The van der Waals surface area contributed by atoms with Crippen LogP contribution in [0.25, 0.3) is 0 Å². The van der Waals surface area contributed by atoms with Crippen LogP contribution in [0.1, 0.15) is 38.2 Å². The van der Waals surface area contributed by atoms with Crippen LogP contribution in [0.5, 0.6) is 0 Å². The Hall–Kier alpha value is -2.37. The molecule has 1 rings (SSSR count). The summed E-state index contributed by atoms with van der Waals surface area (Å²) in [6.07, 6.45) is 2.35. The van der Waals surface area contributed by atoms with Crippen LogP contribution in [0.2, 0.25) is 0 Å². The Kier molecular flexibility index (Phi) is 8.42. The summed E-state index contributed by atoms with van der Waals surface area (Å²) < 4.78 is 0. The first-order valence-electron chi connectivity index (χ1n) is 7.85. The van der Waals surface area contributed by atoms with Gasteiger partial charge in [0.15, 0.2) is 0 Å². The molecule has 0 aliphatic carbocycles. The predicted molar refractivity (Wildman–Crippen MR) is 86.9 cm³/mol. The van der Waals surface area contributed by atoms with Gasteiger partial charge in [0.25, 0.3) is 0 Å². The summed E-state index contributed by atoms with van der Waals surface area (Å²) in [7, 11) is 0. The van der Waals surface area contributed by atoms with Crippen molar-refractivity contribution < 1.29 is 19.5 Å². The lowest BCUT2D eigenvalue weighted by Crippen LogP contribution is -2.42. The van der Waals surface area contributed by atoms with Crippen molar-refractivity contribution in [3.05, 3.63) is 35.9 Å². The molecule has 0 aliphatic heterocycles. The second-order valence-corrected chi connectivity index (χ2v) is 5.36. The zero-order chi connectivity index (χ0) is 17.1. The summed E-state index contributed by atoms with van der Waals surface area (Å²) in [5.41, 5.74) is 0.903. The number of carboxylic acid groups (broad SMARTS) is 1. The van der Waals surface area contributed by atoms with Gasteiger partial charge in [0.05, 0.1) is 6.42 Å². The Morgan fingerprint density at radius 3 is 2.43 bits per heavy atom. The van der Waals surface area contributed by atoms with E-state index in [1.807, 2.05) is 37.3 Å². The lowest BCUT2D eigenvalue weighted by molar-refractivity contribution is -0.142. The molecule has 0 heterocycles. The molecule has 0 saturated carbocycles. The van der Waals surface area contributed by atoms with Crippen molar-refractivity contribution in [2.45, 2.75) is 45.1 Å². The average Bonchev–Trinajstić information content (AvgIpc) is 2.52. The zero-order valence-corrected chi connectivity index (χ0v) is 13.4. The van der Waals surface area contributed by atoms with Gasteiger partial charge in [0.1, 0.15) is 6.04 Å². The van der Waals surface area contributed by atoms with E-state index in [0.717, 1.165) is 18.4 Å². The summed E-state index contributed by atoms with van der Waals surface area (Å²) >= 11 is 0. The highest BCUT2D eigenvalue weighted by Crippen LogP contribution is 2.01. The number of carbonyl (C=O) groups is 3.